The Hall–Kier alpha value is -2.18. The van der Waals surface area contributed by atoms with Gasteiger partial charge in [-0.2, -0.15) is 11.3 Å². The number of carbonyl (C=O) groups is 2. The van der Waals surface area contributed by atoms with Crippen molar-refractivity contribution in [2.45, 2.75) is 6.42 Å². The summed E-state index contributed by atoms with van der Waals surface area (Å²) in [4.78, 5) is 24.1. The van der Waals surface area contributed by atoms with Crippen LogP contribution in [-0.4, -0.2) is 30.1 Å². The van der Waals surface area contributed by atoms with Gasteiger partial charge in [-0.1, -0.05) is 12.1 Å². The molecule has 0 aliphatic rings. The van der Waals surface area contributed by atoms with Gasteiger partial charge in [-0.15, -0.1) is 0 Å². The number of amides is 2. The molecule has 0 aliphatic carbocycles. The number of anilines is 1. The number of nitrogens with one attached hydrogen (secondary N) is 2. The van der Waals surface area contributed by atoms with E-state index in [2.05, 4.69) is 10.6 Å². The number of hydrogen-bond donors (Lipinski definition) is 3. The second-order valence-electron chi connectivity index (χ2n) is 4.34. The van der Waals surface area contributed by atoms with E-state index in [4.69, 9.17) is 5.11 Å². The molecule has 6 heteroatoms. The van der Waals surface area contributed by atoms with Crippen LogP contribution in [0.3, 0.4) is 0 Å². The van der Waals surface area contributed by atoms with E-state index in [9.17, 15) is 9.59 Å². The molecule has 0 unspecified atom stereocenters. The van der Waals surface area contributed by atoms with Gasteiger partial charge in [0, 0.05) is 18.5 Å². The maximum atomic E-state index is 12.1. The smallest absolute Gasteiger partial charge is 0.256 e. The number of hydrogen-bond acceptors (Lipinski definition) is 4. The molecule has 2 aromatic rings. The molecule has 0 saturated carbocycles. The average Bonchev–Trinajstić information content (AvgIpc) is 3.02. The van der Waals surface area contributed by atoms with Gasteiger partial charge in [-0.25, -0.2) is 0 Å². The predicted octanol–water partition coefficient (Wildman–Crippen LogP) is 2.11. The van der Waals surface area contributed by atoms with Crippen molar-refractivity contribution >= 4 is 28.8 Å². The summed E-state index contributed by atoms with van der Waals surface area (Å²) in [5.41, 5.74) is 1.43. The monoisotopic (exact) mass is 304 g/mol. The Balaban J connectivity index is 2.09. The average molecular weight is 304 g/mol. The van der Waals surface area contributed by atoms with Crippen LogP contribution in [-0.2, 0) is 0 Å². The lowest BCUT2D eigenvalue weighted by molar-refractivity contribution is 0.0952. The van der Waals surface area contributed by atoms with E-state index in [0.29, 0.717) is 29.8 Å². The lowest BCUT2D eigenvalue weighted by atomic mass is 10.1. The second-order valence-corrected chi connectivity index (χ2v) is 5.12. The summed E-state index contributed by atoms with van der Waals surface area (Å²) < 4.78 is 0. The van der Waals surface area contributed by atoms with E-state index < -0.39 is 0 Å². The number of aliphatic hydroxyl groups excluding tert-OH is 1. The predicted molar refractivity (Wildman–Crippen MR) is 82.8 cm³/mol. The Morgan fingerprint density at radius 3 is 2.67 bits per heavy atom. The standard InChI is InChI=1S/C15H16N2O3S/c18-8-3-7-16-15(20)12-4-1-2-5-13(12)17-14(19)11-6-9-21-10-11/h1-2,4-6,9-10,18H,3,7-8H2,(H,16,20)(H,17,19). The molecular weight excluding hydrogens is 288 g/mol. The van der Waals surface area contributed by atoms with E-state index in [1.54, 1.807) is 35.7 Å². The highest BCUT2D eigenvalue weighted by atomic mass is 32.1. The second kappa shape index (κ2) is 7.56. The highest BCUT2D eigenvalue weighted by Crippen LogP contribution is 2.17. The van der Waals surface area contributed by atoms with E-state index in [0.717, 1.165) is 0 Å². The third kappa shape index (κ3) is 4.14. The van der Waals surface area contributed by atoms with Crippen LogP contribution in [0.15, 0.2) is 41.1 Å². The van der Waals surface area contributed by atoms with Gasteiger partial charge in [0.2, 0.25) is 0 Å². The molecule has 0 aliphatic heterocycles. The highest BCUT2D eigenvalue weighted by Gasteiger charge is 2.13. The van der Waals surface area contributed by atoms with Crippen molar-refractivity contribution in [3.05, 3.63) is 52.2 Å². The van der Waals surface area contributed by atoms with Crippen molar-refractivity contribution in [2.75, 3.05) is 18.5 Å². The fourth-order valence-corrected chi connectivity index (χ4v) is 2.39. The Morgan fingerprint density at radius 2 is 1.95 bits per heavy atom. The first kappa shape index (κ1) is 15.2. The zero-order valence-electron chi connectivity index (χ0n) is 11.3. The van der Waals surface area contributed by atoms with Crippen LogP contribution in [0, 0.1) is 0 Å². The molecule has 5 nitrogen and oxygen atoms in total. The van der Waals surface area contributed by atoms with Gasteiger partial charge < -0.3 is 15.7 Å². The summed E-state index contributed by atoms with van der Waals surface area (Å²) in [7, 11) is 0. The van der Waals surface area contributed by atoms with Crippen molar-refractivity contribution < 1.29 is 14.7 Å². The minimum atomic E-state index is -0.273. The Bertz CT molecular complexity index is 611. The number of carbonyl (C=O) groups excluding carboxylic acids is 2. The molecule has 1 aromatic heterocycles. The lowest BCUT2D eigenvalue weighted by Crippen LogP contribution is -2.26. The fraction of sp³-hybridized carbons (Fsp3) is 0.200. The molecule has 1 heterocycles. The van der Waals surface area contributed by atoms with Crippen molar-refractivity contribution in [3.63, 3.8) is 0 Å². The minimum absolute atomic E-state index is 0.0246. The first-order valence-corrected chi connectivity index (χ1v) is 7.48. The Kier molecular flexibility index (Phi) is 5.48. The third-order valence-corrected chi connectivity index (χ3v) is 3.51. The summed E-state index contributed by atoms with van der Waals surface area (Å²) >= 11 is 1.44. The SMILES string of the molecule is O=C(Nc1ccccc1C(=O)NCCCO)c1ccsc1. The molecule has 0 spiro atoms. The molecule has 3 N–H and O–H groups in total. The molecular formula is C15H16N2O3S. The fourth-order valence-electron chi connectivity index (χ4n) is 1.75. The molecule has 0 atom stereocenters. The van der Waals surface area contributed by atoms with Gasteiger partial charge in [0.1, 0.15) is 0 Å². The molecule has 0 fully saturated rings. The van der Waals surface area contributed by atoms with Crippen LogP contribution in [0.4, 0.5) is 5.69 Å². The van der Waals surface area contributed by atoms with Gasteiger partial charge >= 0.3 is 0 Å². The minimum Gasteiger partial charge on any atom is -0.396 e. The van der Waals surface area contributed by atoms with E-state index in [1.165, 1.54) is 11.3 Å². The number of aliphatic hydroxyl groups is 1. The third-order valence-electron chi connectivity index (χ3n) is 2.82. The molecule has 110 valence electrons. The van der Waals surface area contributed by atoms with Crippen molar-refractivity contribution in [3.8, 4) is 0 Å². The summed E-state index contributed by atoms with van der Waals surface area (Å²) in [5, 5.41) is 17.7. The van der Waals surface area contributed by atoms with Gasteiger partial charge in [0.25, 0.3) is 11.8 Å². The normalized spacial score (nSPS) is 10.1. The van der Waals surface area contributed by atoms with Crippen LogP contribution in [0.1, 0.15) is 27.1 Å². The number of benzene rings is 1. The van der Waals surface area contributed by atoms with E-state index >= 15 is 0 Å². The van der Waals surface area contributed by atoms with Crippen molar-refractivity contribution in [1.29, 1.82) is 0 Å². The number of rotatable bonds is 6. The summed E-state index contributed by atoms with van der Waals surface area (Å²) in [5.74, 6) is -0.517. The lowest BCUT2D eigenvalue weighted by Gasteiger charge is -2.10. The quantitative estimate of drug-likeness (QED) is 0.715. The van der Waals surface area contributed by atoms with E-state index in [-0.39, 0.29) is 18.4 Å². The molecule has 0 saturated heterocycles. The van der Waals surface area contributed by atoms with Crippen LogP contribution >= 0.6 is 11.3 Å². The van der Waals surface area contributed by atoms with Gasteiger partial charge in [-0.05, 0) is 30.0 Å². The molecule has 2 amide bonds. The zero-order valence-corrected chi connectivity index (χ0v) is 12.2. The summed E-state index contributed by atoms with van der Waals surface area (Å²) in [6.07, 6.45) is 0.495. The van der Waals surface area contributed by atoms with Crippen LogP contribution in [0.2, 0.25) is 0 Å². The first-order valence-electron chi connectivity index (χ1n) is 6.54. The van der Waals surface area contributed by atoms with Gasteiger partial charge in [0.15, 0.2) is 0 Å². The molecule has 1 aromatic carbocycles. The molecule has 2 rings (SSSR count). The van der Waals surface area contributed by atoms with Crippen LogP contribution in [0.5, 0.6) is 0 Å². The summed E-state index contributed by atoms with van der Waals surface area (Å²) in [6, 6.07) is 8.56. The summed E-state index contributed by atoms with van der Waals surface area (Å²) in [6.45, 7) is 0.416. The van der Waals surface area contributed by atoms with Crippen molar-refractivity contribution in [2.24, 2.45) is 0 Å². The molecule has 0 bridgehead atoms. The van der Waals surface area contributed by atoms with E-state index in [1.807, 2.05) is 5.38 Å². The Morgan fingerprint density at radius 1 is 1.14 bits per heavy atom. The van der Waals surface area contributed by atoms with Crippen LogP contribution in [0.25, 0.3) is 0 Å². The first-order chi connectivity index (χ1) is 10.2. The number of para-hydroxylation sites is 1. The van der Waals surface area contributed by atoms with Crippen molar-refractivity contribution in [1.82, 2.24) is 5.32 Å². The maximum Gasteiger partial charge on any atom is 0.256 e. The zero-order chi connectivity index (χ0) is 15.1. The topological polar surface area (TPSA) is 78.4 Å². The van der Waals surface area contributed by atoms with Crippen LogP contribution < -0.4 is 10.6 Å². The van der Waals surface area contributed by atoms with Gasteiger partial charge in [0.05, 0.1) is 16.8 Å². The maximum absolute atomic E-state index is 12.1. The highest BCUT2D eigenvalue weighted by molar-refractivity contribution is 7.08. The molecule has 0 radical (unpaired) electrons. The Labute approximate surface area is 126 Å². The number of thiophene rings is 1. The van der Waals surface area contributed by atoms with Gasteiger partial charge in [-0.3, -0.25) is 9.59 Å². The molecule has 21 heavy (non-hydrogen) atoms. The largest absolute Gasteiger partial charge is 0.396 e.